The molecule has 8 nitrogen and oxygen atoms in total. The van der Waals surface area contributed by atoms with Crippen LogP contribution in [0.4, 0.5) is 8.78 Å². The summed E-state index contributed by atoms with van der Waals surface area (Å²) in [7, 11) is 1.91. The van der Waals surface area contributed by atoms with E-state index in [-0.39, 0.29) is 23.1 Å². The number of ether oxygens (including phenoxy) is 1. The summed E-state index contributed by atoms with van der Waals surface area (Å²) in [5.74, 6) is 0.779. The summed E-state index contributed by atoms with van der Waals surface area (Å²) in [4.78, 5) is 19.0. The Balaban J connectivity index is 0.000000200. The molecule has 2 aromatic rings. The van der Waals surface area contributed by atoms with Crippen molar-refractivity contribution >= 4 is 18.0 Å². The van der Waals surface area contributed by atoms with E-state index in [1.807, 2.05) is 20.9 Å². The lowest BCUT2D eigenvalue weighted by Gasteiger charge is -2.41. The van der Waals surface area contributed by atoms with E-state index in [4.69, 9.17) is 16.3 Å². The third kappa shape index (κ3) is 9.84. The lowest BCUT2D eigenvalue weighted by atomic mass is 9.83. The fourth-order valence-corrected chi connectivity index (χ4v) is 6.32. The van der Waals surface area contributed by atoms with Gasteiger partial charge in [-0.3, -0.25) is 14.4 Å². The number of aryl methyl sites for hydroxylation is 1. The molecule has 2 atom stereocenters. The van der Waals surface area contributed by atoms with Gasteiger partial charge in [-0.1, -0.05) is 38.1 Å². The van der Waals surface area contributed by atoms with E-state index >= 15 is 0 Å². The van der Waals surface area contributed by atoms with Crippen LogP contribution in [0.1, 0.15) is 97.4 Å². The molecule has 3 aliphatic heterocycles. The topological polar surface area (TPSA) is 75.5 Å². The monoisotopic (exact) mass is 662 g/mol. The van der Waals surface area contributed by atoms with E-state index in [2.05, 4.69) is 61.5 Å². The molecule has 11 heteroatoms. The summed E-state index contributed by atoms with van der Waals surface area (Å²) in [6.07, 6.45) is 6.20. The zero-order valence-electron chi connectivity index (χ0n) is 28.9. The molecular weight excluding hydrogens is 610 g/mol. The molecular formula is C35H53ClF2N6O2. The number of aromatic nitrogens is 3. The van der Waals surface area contributed by atoms with Crippen molar-refractivity contribution in [3.8, 4) is 0 Å². The fraction of sp³-hybridized carbons (Fsp3) is 0.629. The van der Waals surface area contributed by atoms with Crippen LogP contribution in [0.15, 0.2) is 47.4 Å². The van der Waals surface area contributed by atoms with Crippen LogP contribution in [0.25, 0.3) is 0 Å². The minimum absolute atomic E-state index is 0.0787. The molecule has 0 saturated carbocycles. The Morgan fingerprint density at radius 3 is 2.37 bits per heavy atom. The average molecular weight is 663 g/mol. The number of nitrogens with zero attached hydrogens (tertiary/aromatic N) is 5. The minimum Gasteiger partial charge on any atom is -0.378 e. The fourth-order valence-electron chi connectivity index (χ4n) is 6.27. The van der Waals surface area contributed by atoms with Crippen molar-refractivity contribution in [1.82, 2.24) is 29.9 Å². The number of hydrogen-bond acceptors (Lipinski definition) is 6. The Bertz CT molecular complexity index is 1340. The second-order valence-corrected chi connectivity index (χ2v) is 14.5. The van der Waals surface area contributed by atoms with Gasteiger partial charge < -0.3 is 15.0 Å². The van der Waals surface area contributed by atoms with Crippen molar-refractivity contribution in [3.63, 3.8) is 0 Å². The van der Waals surface area contributed by atoms with Gasteiger partial charge in [-0.2, -0.15) is 5.10 Å². The summed E-state index contributed by atoms with van der Waals surface area (Å²) in [5, 5.41) is 8.13. The molecule has 3 fully saturated rings. The highest BCUT2D eigenvalue weighted by Gasteiger charge is 2.48. The number of halogens is 3. The smallest absolute Gasteiger partial charge is 0.209 e. The standard InChI is InChI=1S/C15H21F2N.C14H21ClN2O2.C6H11N3/c1-15(2,3)18-8-4-5-11(10-18)13-7-6-12(16)9-14(13)17;1-10-8-19-14(4-6-17(9-18)7-5-14)13(10)16-12(3)11(2)15;1-5(2)6-7-4-8-9(6)3/h6-7,9,11H,4-5,8,10H2,1-3H3;9,13,16H,1,4-8H2,2-3H3;4-5H,1-3H3/b;12-11+;. The molecule has 1 spiro atoms. The Labute approximate surface area is 279 Å². The molecule has 0 aliphatic carbocycles. The maximum absolute atomic E-state index is 13.8. The number of amides is 1. The predicted molar refractivity (Wildman–Crippen MR) is 181 cm³/mol. The second-order valence-electron chi connectivity index (χ2n) is 13.9. The van der Waals surface area contributed by atoms with Crippen LogP contribution in [0.3, 0.4) is 0 Å². The molecule has 4 heterocycles. The number of hydrogen-bond donors (Lipinski definition) is 1. The van der Waals surface area contributed by atoms with E-state index < -0.39 is 11.6 Å². The molecule has 1 aromatic carbocycles. The number of nitrogens with one attached hydrogen (secondary N) is 1. The van der Waals surface area contributed by atoms with Crippen LogP contribution in [-0.4, -0.2) is 80.9 Å². The van der Waals surface area contributed by atoms with Gasteiger partial charge in [0.2, 0.25) is 6.41 Å². The van der Waals surface area contributed by atoms with Crippen LogP contribution in [0.2, 0.25) is 0 Å². The normalized spacial score (nSPS) is 22.1. The van der Waals surface area contributed by atoms with Crippen molar-refractivity contribution in [2.45, 2.75) is 103 Å². The Morgan fingerprint density at radius 2 is 1.87 bits per heavy atom. The number of carbonyl (C=O) groups is 1. The van der Waals surface area contributed by atoms with Gasteiger partial charge in [-0.05, 0) is 90.0 Å². The first-order chi connectivity index (χ1) is 21.6. The van der Waals surface area contributed by atoms with Crippen molar-refractivity contribution in [3.05, 3.63) is 70.4 Å². The summed E-state index contributed by atoms with van der Waals surface area (Å²) >= 11 is 6.02. The SMILES string of the molecule is C=C1COC2(CCN(C=O)CC2)C1N/C(C)=C(\C)Cl.CC(C)(C)N1CCCC(c2ccc(F)cc2F)C1.CC(C)c1ncnn1C. The largest absolute Gasteiger partial charge is 0.378 e. The Kier molecular flexibility index (Phi) is 13.4. The van der Waals surface area contributed by atoms with E-state index in [1.165, 1.54) is 6.07 Å². The third-order valence-corrected chi connectivity index (χ3v) is 9.47. The summed E-state index contributed by atoms with van der Waals surface area (Å²) in [6.45, 7) is 22.6. The predicted octanol–water partition coefficient (Wildman–Crippen LogP) is 6.89. The maximum atomic E-state index is 13.8. The summed E-state index contributed by atoms with van der Waals surface area (Å²) < 4.78 is 34.5. The number of likely N-dealkylation sites (tertiary alicyclic amines) is 2. The van der Waals surface area contributed by atoms with E-state index in [1.54, 1.807) is 22.0 Å². The van der Waals surface area contributed by atoms with Crippen molar-refractivity contribution < 1.29 is 18.3 Å². The lowest BCUT2D eigenvalue weighted by Crippen LogP contribution is -2.54. The van der Waals surface area contributed by atoms with Crippen LogP contribution in [-0.2, 0) is 16.6 Å². The maximum Gasteiger partial charge on any atom is 0.209 e. The highest BCUT2D eigenvalue weighted by atomic mass is 35.5. The first-order valence-corrected chi connectivity index (χ1v) is 16.6. The molecule has 2 unspecified atom stereocenters. The van der Waals surface area contributed by atoms with Gasteiger partial charge in [0.25, 0.3) is 0 Å². The molecule has 46 heavy (non-hydrogen) atoms. The number of carbonyl (C=O) groups excluding carboxylic acids is 1. The van der Waals surface area contributed by atoms with Gasteiger partial charge in [0.15, 0.2) is 0 Å². The zero-order chi connectivity index (χ0) is 34.2. The Hall–Kier alpha value is -2.82. The number of allylic oxidation sites excluding steroid dienone is 2. The minimum atomic E-state index is -0.500. The van der Waals surface area contributed by atoms with Gasteiger partial charge in [0.05, 0.1) is 18.2 Å². The molecule has 0 bridgehead atoms. The van der Waals surface area contributed by atoms with Crippen molar-refractivity contribution in [2.75, 3.05) is 32.8 Å². The molecule has 5 rings (SSSR count). The molecule has 256 valence electrons. The van der Waals surface area contributed by atoms with Gasteiger partial charge in [-0.25, -0.2) is 13.8 Å². The highest BCUT2D eigenvalue weighted by Crippen LogP contribution is 2.38. The first-order valence-electron chi connectivity index (χ1n) is 16.2. The van der Waals surface area contributed by atoms with Gasteiger partial charge >= 0.3 is 0 Å². The average Bonchev–Trinajstić information content (AvgIpc) is 3.57. The zero-order valence-corrected chi connectivity index (χ0v) is 29.6. The molecule has 3 aliphatic rings. The lowest BCUT2D eigenvalue weighted by molar-refractivity contribution is -0.123. The summed E-state index contributed by atoms with van der Waals surface area (Å²) in [6, 6.07) is 4.02. The Morgan fingerprint density at radius 1 is 1.20 bits per heavy atom. The molecule has 3 saturated heterocycles. The van der Waals surface area contributed by atoms with Crippen molar-refractivity contribution in [2.24, 2.45) is 7.05 Å². The van der Waals surface area contributed by atoms with Crippen LogP contribution in [0, 0.1) is 11.6 Å². The van der Waals surface area contributed by atoms with Crippen molar-refractivity contribution in [1.29, 1.82) is 0 Å². The highest BCUT2D eigenvalue weighted by molar-refractivity contribution is 6.29. The number of benzene rings is 1. The van der Waals surface area contributed by atoms with Gasteiger partial charge in [-0.15, -0.1) is 0 Å². The van der Waals surface area contributed by atoms with Gasteiger partial charge in [0, 0.05) is 54.9 Å². The van der Waals surface area contributed by atoms with E-state index in [0.29, 0.717) is 18.1 Å². The molecule has 1 aromatic heterocycles. The van der Waals surface area contributed by atoms with E-state index in [0.717, 1.165) is 86.5 Å². The molecule has 0 radical (unpaired) electrons. The first kappa shape index (κ1) is 37.6. The summed E-state index contributed by atoms with van der Waals surface area (Å²) in [5.41, 5.74) is 2.53. The van der Waals surface area contributed by atoms with Crippen LogP contribution >= 0.6 is 11.6 Å². The molecule has 1 N–H and O–H groups in total. The number of rotatable bonds is 5. The van der Waals surface area contributed by atoms with Gasteiger partial charge in [0.1, 0.15) is 23.8 Å². The number of piperidine rings is 2. The van der Waals surface area contributed by atoms with E-state index in [9.17, 15) is 13.6 Å². The molecule has 1 amide bonds. The third-order valence-electron chi connectivity index (χ3n) is 9.19. The van der Waals surface area contributed by atoms with Crippen LogP contribution < -0.4 is 5.32 Å². The quantitative estimate of drug-likeness (QED) is 0.278. The second kappa shape index (κ2) is 16.3. The van der Waals surface area contributed by atoms with Crippen LogP contribution in [0.5, 0.6) is 0 Å².